The van der Waals surface area contributed by atoms with E-state index in [2.05, 4.69) is 15.5 Å². The largest absolute Gasteiger partial charge is 0.361 e. The predicted molar refractivity (Wildman–Crippen MR) is 98.6 cm³/mol. The third kappa shape index (κ3) is 5.33. The van der Waals surface area contributed by atoms with Gasteiger partial charge in [-0.25, -0.2) is 4.98 Å². The number of carbonyl (C=O) groups is 1. The zero-order valence-electron chi connectivity index (χ0n) is 14.7. The van der Waals surface area contributed by atoms with Crippen LogP contribution in [0.15, 0.2) is 33.9 Å². The summed E-state index contributed by atoms with van der Waals surface area (Å²) in [6, 6.07) is 5.85. The van der Waals surface area contributed by atoms with Crippen molar-refractivity contribution in [1.29, 1.82) is 0 Å². The van der Waals surface area contributed by atoms with Gasteiger partial charge in [-0.05, 0) is 31.9 Å². The lowest BCUT2D eigenvalue weighted by Crippen LogP contribution is -2.35. The molecule has 25 heavy (non-hydrogen) atoms. The molecule has 2 aromatic rings. The molecule has 2 heterocycles. The molecule has 0 spiro atoms. The molecule has 0 unspecified atom stereocenters. The fraction of sp³-hybridized carbons (Fsp3) is 0.526. The van der Waals surface area contributed by atoms with Crippen LogP contribution in [0.4, 0.5) is 0 Å². The van der Waals surface area contributed by atoms with Crippen LogP contribution in [0.1, 0.15) is 66.8 Å². The number of hydrogen-bond acceptors (Lipinski definition) is 5. The highest BCUT2D eigenvalue weighted by molar-refractivity contribution is 7.98. The molecule has 6 heteroatoms. The van der Waals surface area contributed by atoms with E-state index >= 15 is 0 Å². The average molecular weight is 359 g/mol. The quantitative estimate of drug-likeness (QED) is 0.795. The maximum Gasteiger partial charge on any atom is 0.254 e. The van der Waals surface area contributed by atoms with Gasteiger partial charge in [0.15, 0.2) is 0 Å². The number of aromatic nitrogens is 2. The smallest absolute Gasteiger partial charge is 0.254 e. The summed E-state index contributed by atoms with van der Waals surface area (Å²) in [6.45, 7) is 1.87. The van der Waals surface area contributed by atoms with Gasteiger partial charge < -0.3 is 9.84 Å². The van der Waals surface area contributed by atoms with Gasteiger partial charge in [-0.2, -0.15) is 0 Å². The van der Waals surface area contributed by atoms with Crippen molar-refractivity contribution in [3.8, 4) is 0 Å². The minimum Gasteiger partial charge on any atom is -0.361 e. The molecule has 5 nitrogen and oxygen atoms in total. The number of thioether (sulfide) groups is 1. The van der Waals surface area contributed by atoms with Crippen LogP contribution in [0.5, 0.6) is 0 Å². The minimum atomic E-state index is -0.0162. The summed E-state index contributed by atoms with van der Waals surface area (Å²) in [5, 5.41) is 7.96. The maximum absolute atomic E-state index is 12.7. The summed E-state index contributed by atoms with van der Waals surface area (Å²) in [7, 11) is 0. The summed E-state index contributed by atoms with van der Waals surface area (Å²) in [6.07, 6.45) is 10.2. The first-order valence-electron chi connectivity index (χ1n) is 9.03. The molecule has 1 saturated carbocycles. The van der Waals surface area contributed by atoms with Crippen LogP contribution in [0.3, 0.4) is 0 Å². The first-order valence-corrected chi connectivity index (χ1v) is 10.0. The zero-order valence-corrected chi connectivity index (χ0v) is 15.5. The van der Waals surface area contributed by atoms with Crippen molar-refractivity contribution >= 4 is 17.7 Å². The first-order chi connectivity index (χ1) is 12.2. The standard InChI is InChI=1S/C19H25N3O2S/c1-14-12-16(22-24-14)13-25-19-17(10-7-11-20-19)18(23)21-15-8-5-3-2-4-6-9-15/h7,10-12,15H,2-6,8-9,13H2,1H3,(H,21,23). The molecule has 3 rings (SSSR count). The van der Waals surface area contributed by atoms with Crippen LogP contribution in [-0.2, 0) is 5.75 Å². The van der Waals surface area contributed by atoms with Crippen molar-refractivity contribution in [1.82, 2.24) is 15.5 Å². The molecular formula is C19H25N3O2S. The Morgan fingerprint density at radius 1 is 1.28 bits per heavy atom. The van der Waals surface area contributed by atoms with E-state index in [9.17, 15) is 4.79 Å². The van der Waals surface area contributed by atoms with E-state index in [1.165, 1.54) is 43.9 Å². The van der Waals surface area contributed by atoms with Crippen molar-refractivity contribution in [3.05, 3.63) is 41.4 Å². The van der Waals surface area contributed by atoms with Gasteiger partial charge in [0.05, 0.1) is 11.3 Å². The van der Waals surface area contributed by atoms with Crippen LogP contribution in [0.25, 0.3) is 0 Å². The van der Waals surface area contributed by atoms with Gasteiger partial charge in [0.25, 0.3) is 5.91 Å². The van der Waals surface area contributed by atoms with E-state index in [0.717, 1.165) is 29.3 Å². The Hall–Kier alpha value is -1.82. The third-order valence-corrected chi connectivity index (χ3v) is 5.53. The van der Waals surface area contributed by atoms with Crippen molar-refractivity contribution in [2.75, 3.05) is 0 Å². The van der Waals surface area contributed by atoms with Crippen molar-refractivity contribution in [2.24, 2.45) is 0 Å². The zero-order chi connectivity index (χ0) is 17.5. The Morgan fingerprint density at radius 3 is 2.76 bits per heavy atom. The highest BCUT2D eigenvalue weighted by Crippen LogP contribution is 2.25. The molecule has 0 atom stereocenters. The normalized spacial score (nSPS) is 16.2. The second-order valence-corrected chi connectivity index (χ2v) is 7.55. The fourth-order valence-electron chi connectivity index (χ4n) is 3.17. The highest BCUT2D eigenvalue weighted by Gasteiger charge is 2.18. The Bertz CT molecular complexity index is 693. The van der Waals surface area contributed by atoms with E-state index in [-0.39, 0.29) is 11.9 Å². The van der Waals surface area contributed by atoms with E-state index in [1.807, 2.05) is 25.1 Å². The number of amides is 1. The van der Waals surface area contributed by atoms with Gasteiger partial charge >= 0.3 is 0 Å². The number of aryl methyl sites for hydroxylation is 1. The SMILES string of the molecule is Cc1cc(CSc2ncccc2C(=O)NC2CCCCCCC2)no1. The van der Waals surface area contributed by atoms with Crippen LogP contribution >= 0.6 is 11.8 Å². The molecule has 0 radical (unpaired) electrons. The molecule has 0 aromatic carbocycles. The van der Waals surface area contributed by atoms with Crippen molar-refractivity contribution in [3.63, 3.8) is 0 Å². The fourth-order valence-corrected chi connectivity index (χ4v) is 4.04. The summed E-state index contributed by atoms with van der Waals surface area (Å²) in [5.74, 6) is 1.41. The van der Waals surface area contributed by atoms with E-state index in [4.69, 9.17) is 4.52 Å². The lowest BCUT2D eigenvalue weighted by atomic mass is 9.96. The topological polar surface area (TPSA) is 68.0 Å². The number of nitrogens with zero attached hydrogens (tertiary/aromatic N) is 2. The molecule has 1 aliphatic rings. The number of pyridine rings is 1. The molecule has 134 valence electrons. The van der Waals surface area contributed by atoms with Gasteiger partial charge in [0.2, 0.25) is 0 Å². The third-order valence-electron chi connectivity index (χ3n) is 4.49. The van der Waals surface area contributed by atoms with Crippen LogP contribution < -0.4 is 5.32 Å². The van der Waals surface area contributed by atoms with E-state index in [0.29, 0.717) is 11.3 Å². The molecule has 0 saturated heterocycles. The van der Waals surface area contributed by atoms with Crippen LogP contribution in [0.2, 0.25) is 0 Å². The van der Waals surface area contributed by atoms with Crippen molar-refractivity contribution < 1.29 is 9.32 Å². The molecule has 1 aliphatic carbocycles. The molecule has 0 aliphatic heterocycles. The van der Waals surface area contributed by atoms with Crippen LogP contribution in [0, 0.1) is 6.92 Å². The lowest BCUT2D eigenvalue weighted by molar-refractivity contribution is 0.0926. The molecule has 0 bridgehead atoms. The van der Waals surface area contributed by atoms with Gasteiger partial charge in [0, 0.05) is 24.1 Å². The maximum atomic E-state index is 12.7. The van der Waals surface area contributed by atoms with Crippen molar-refractivity contribution in [2.45, 2.75) is 68.7 Å². The molecule has 1 amide bonds. The van der Waals surface area contributed by atoms with Gasteiger partial charge in [-0.3, -0.25) is 4.79 Å². The summed E-state index contributed by atoms with van der Waals surface area (Å²) < 4.78 is 5.09. The molecule has 2 aromatic heterocycles. The number of rotatable bonds is 5. The second-order valence-electron chi connectivity index (χ2n) is 6.59. The Morgan fingerprint density at radius 2 is 2.04 bits per heavy atom. The number of hydrogen-bond donors (Lipinski definition) is 1. The Labute approximate surface area is 153 Å². The molecule has 1 N–H and O–H groups in total. The molecule has 1 fully saturated rings. The van der Waals surface area contributed by atoms with Gasteiger partial charge in [-0.15, -0.1) is 0 Å². The predicted octanol–water partition coefficient (Wildman–Crippen LogP) is 4.51. The average Bonchev–Trinajstić information content (AvgIpc) is 3.01. The minimum absolute atomic E-state index is 0.0162. The number of nitrogens with one attached hydrogen (secondary N) is 1. The Balaban J connectivity index is 1.63. The monoisotopic (exact) mass is 359 g/mol. The van der Waals surface area contributed by atoms with Crippen LogP contribution in [-0.4, -0.2) is 22.1 Å². The summed E-state index contributed by atoms with van der Waals surface area (Å²) >= 11 is 1.52. The van der Waals surface area contributed by atoms with E-state index < -0.39 is 0 Å². The van der Waals surface area contributed by atoms with Gasteiger partial charge in [0.1, 0.15) is 10.8 Å². The first kappa shape index (κ1) is 18.0. The highest BCUT2D eigenvalue weighted by atomic mass is 32.2. The Kier molecular flexibility index (Phi) is 6.50. The summed E-state index contributed by atoms with van der Waals surface area (Å²) in [5.41, 5.74) is 1.51. The lowest BCUT2D eigenvalue weighted by Gasteiger charge is -2.21. The number of carbonyl (C=O) groups excluding carboxylic acids is 1. The van der Waals surface area contributed by atoms with Gasteiger partial charge in [-0.1, -0.05) is 49.0 Å². The summed E-state index contributed by atoms with van der Waals surface area (Å²) in [4.78, 5) is 17.1. The van der Waals surface area contributed by atoms with E-state index in [1.54, 1.807) is 6.20 Å². The second kappa shape index (κ2) is 9.04. The molecular weight excluding hydrogens is 334 g/mol.